The van der Waals surface area contributed by atoms with E-state index in [1.54, 1.807) is 0 Å². The van der Waals surface area contributed by atoms with E-state index >= 15 is 0 Å². The van der Waals surface area contributed by atoms with Gasteiger partial charge in [0.05, 0.1) is 13.2 Å². The van der Waals surface area contributed by atoms with Crippen molar-refractivity contribution in [1.29, 1.82) is 0 Å². The summed E-state index contributed by atoms with van der Waals surface area (Å²) >= 11 is 1.38. The first-order valence-electron chi connectivity index (χ1n) is 7.49. The Morgan fingerprint density at radius 3 is 2.71 bits per heavy atom. The lowest BCUT2D eigenvalue weighted by atomic mass is 10.0. The summed E-state index contributed by atoms with van der Waals surface area (Å²) in [5.41, 5.74) is 5.86. The molecule has 6 nitrogen and oxygen atoms in total. The van der Waals surface area contributed by atoms with Gasteiger partial charge in [0.25, 0.3) is 5.91 Å². The summed E-state index contributed by atoms with van der Waals surface area (Å²) in [6.45, 7) is 5.09. The Bertz CT molecular complexity index is 519. The van der Waals surface area contributed by atoms with E-state index in [0.29, 0.717) is 23.9 Å². The molecule has 1 aliphatic carbocycles. The Morgan fingerprint density at radius 2 is 2.05 bits per heavy atom. The van der Waals surface area contributed by atoms with E-state index in [1.807, 2.05) is 0 Å². The summed E-state index contributed by atoms with van der Waals surface area (Å²) in [5, 5.41) is 3.95. The Labute approximate surface area is 128 Å². The molecule has 21 heavy (non-hydrogen) atoms. The summed E-state index contributed by atoms with van der Waals surface area (Å²) in [6.07, 6.45) is 4.42. The third-order valence-corrected chi connectivity index (χ3v) is 5.38. The van der Waals surface area contributed by atoms with Crippen molar-refractivity contribution in [1.82, 2.24) is 10.3 Å². The lowest BCUT2D eigenvalue weighted by Crippen LogP contribution is -2.43. The summed E-state index contributed by atoms with van der Waals surface area (Å²) in [4.78, 5) is 19.5. The molecule has 1 amide bonds. The second-order valence-electron chi connectivity index (χ2n) is 6.03. The number of nitrogens with zero attached hydrogens (tertiary/aromatic N) is 2. The van der Waals surface area contributed by atoms with Gasteiger partial charge in [-0.1, -0.05) is 24.2 Å². The first kappa shape index (κ1) is 14.6. The van der Waals surface area contributed by atoms with Crippen LogP contribution in [0.3, 0.4) is 0 Å². The van der Waals surface area contributed by atoms with Crippen molar-refractivity contribution < 1.29 is 9.53 Å². The van der Waals surface area contributed by atoms with Crippen LogP contribution in [0.1, 0.15) is 42.3 Å². The van der Waals surface area contributed by atoms with Crippen LogP contribution in [0.25, 0.3) is 0 Å². The number of nitrogens with one attached hydrogen (secondary N) is 1. The number of amides is 1. The van der Waals surface area contributed by atoms with Crippen molar-refractivity contribution >= 4 is 28.2 Å². The highest BCUT2D eigenvalue weighted by Gasteiger charge is 2.32. The Kier molecular flexibility index (Phi) is 4.03. The first-order valence-corrected chi connectivity index (χ1v) is 8.31. The van der Waals surface area contributed by atoms with Gasteiger partial charge in [0.2, 0.25) is 0 Å². The number of aromatic nitrogens is 1. The molecule has 1 saturated heterocycles. The Balaban J connectivity index is 1.72. The minimum Gasteiger partial charge on any atom is -0.382 e. The number of carbonyl (C=O) groups excluding carboxylic acids is 1. The highest BCUT2D eigenvalue weighted by molar-refractivity contribution is 7.18. The van der Waals surface area contributed by atoms with Crippen LogP contribution in [-0.4, -0.2) is 42.7 Å². The predicted molar refractivity (Wildman–Crippen MR) is 83.9 cm³/mol. The number of ether oxygens (including phenoxy) is 1. The maximum Gasteiger partial charge on any atom is 0.265 e. The second kappa shape index (κ2) is 5.81. The smallest absolute Gasteiger partial charge is 0.265 e. The topological polar surface area (TPSA) is 80.5 Å². The van der Waals surface area contributed by atoms with E-state index in [9.17, 15) is 4.79 Å². The van der Waals surface area contributed by atoms with E-state index < -0.39 is 0 Å². The molecule has 2 heterocycles. The van der Waals surface area contributed by atoms with Crippen molar-refractivity contribution in [2.24, 2.45) is 0 Å². The van der Waals surface area contributed by atoms with E-state index in [0.717, 1.165) is 31.1 Å². The fourth-order valence-electron chi connectivity index (χ4n) is 2.98. The van der Waals surface area contributed by atoms with Crippen LogP contribution >= 0.6 is 11.3 Å². The molecule has 0 bridgehead atoms. The van der Waals surface area contributed by atoms with E-state index in [4.69, 9.17) is 10.5 Å². The van der Waals surface area contributed by atoms with Crippen molar-refractivity contribution in [2.45, 2.75) is 38.1 Å². The minimum atomic E-state index is -0.0906. The zero-order valence-corrected chi connectivity index (χ0v) is 13.2. The van der Waals surface area contributed by atoms with Crippen molar-refractivity contribution in [3.8, 4) is 0 Å². The normalized spacial score (nSPS) is 21.5. The second-order valence-corrected chi connectivity index (χ2v) is 7.01. The SMILES string of the molecule is CC1(NC(=O)c2sc(N3CCOCC3)nc2N)CCCC1. The summed E-state index contributed by atoms with van der Waals surface area (Å²) < 4.78 is 5.33. The summed E-state index contributed by atoms with van der Waals surface area (Å²) in [6, 6.07) is 0. The average molecular weight is 310 g/mol. The molecule has 7 heteroatoms. The molecule has 0 spiro atoms. The molecule has 0 atom stereocenters. The van der Waals surface area contributed by atoms with Crippen LogP contribution in [0.15, 0.2) is 0 Å². The van der Waals surface area contributed by atoms with Gasteiger partial charge in [-0.2, -0.15) is 0 Å². The van der Waals surface area contributed by atoms with E-state index in [1.165, 1.54) is 24.2 Å². The van der Waals surface area contributed by atoms with Crippen LogP contribution < -0.4 is 16.0 Å². The zero-order chi connectivity index (χ0) is 14.9. The van der Waals surface area contributed by atoms with Gasteiger partial charge in [-0.05, 0) is 19.8 Å². The molecular formula is C14H22N4O2S. The molecule has 1 aromatic heterocycles. The number of nitrogens with two attached hydrogens (primary N) is 1. The number of anilines is 2. The number of carbonyl (C=O) groups is 1. The average Bonchev–Trinajstić information content (AvgIpc) is 3.06. The van der Waals surface area contributed by atoms with Crippen molar-refractivity contribution in [3.05, 3.63) is 4.88 Å². The number of morpholine rings is 1. The molecule has 116 valence electrons. The Hall–Kier alpha value is -1.34. The quantitative estimate of drug-likeness (QED) is 0.887. The lowest BCUT2D eigenvalue weighted by Gasteiger charge is -2.26. The fraction of sp³-hybridized carbons (Fsp3) is 0.714. The minimum absolute atomic E-state index is 0.0890. The summed E-state index contributed by atoms with van der Waals surface area (Å²) in [7, 11) is 0. The Morgan fingerprint density at radius 1 is 1.38 bits per heavy atom. The largest absolute Gasteiger partial charge is 0.382 e. The zero-order valence-electron chi connectivity index (χ0n) is 12.4. The van der Waals surface area contributed by atoms with Crippen molar-refractivity contribution in [2.75, 3.05) is 36.9 Å². The third kappa shape index (κ3) is 3.13. The first-order chi connectivity index (χ1) is 10.1. The number of hydrogen-bond acceptors (Lipinski definition) is 6. The molecule has 1 aromatic rings. The van der Waals surface area contributed by atoms with E-state index in [-0.39, 0.29) is 11.4 Å². The molecule has 3 N–H and O–H groups in total. The maximum absolute atomic E-state index is 12.5. The van der Waals surface area contributed by atoms with Gasteiger partial charge in [-0.3, -0.25) is 4.79 Å². The predicted octanol–water partition coefficient (Wildman–Crippen LogP) is 1.62. The molecule has 1 aliphatic heterocycles. The van der Waals surface area contributed by atoms with E-state index in [2.05, 4.69) is 22.1 Å². The molecule has 0 radical (unpaired) electrons. The lowest BCUT2D eigenvalue weighted by molar-refractivity contribution is 0.0913. The molecule has 3 rings (SSSR count). The monoisotopic (exact) mass is 310 g/mol. The molecule has 0 unspecified atom stereocenters. The number of thiazole rings is 1. The van der Waals surface area contributed by atoms with Gasteiger partial charge in [0, 0.05) is 18.6 Å². The van der Waals surface area contributed by atoms with Gasteiger partial charge in [0.1, 0.15) is 10.7 Å². The standard InChI is InChI=1S/C14H22N4O2S/c1-14(4-2-3-5-14)17-12(19)10-11(15)16-13(21-10)18-6-8-20-9-7-18/h2-9,15H2,1H3,(H,17,19). The number of hydrogen-bond donors (Lipinski definition) is 2. The highest BCUT2D eigenvalue weighted by atomic mass is 32.1. The molecule has 1 saturated carbocycles. The maximum atomic E-state index is 12.5. The number of nitrogen functional groups attached to an aromatic ring is 1. The van der Waals surface area contributed by atoms with Gasteiger partial charge >= 0.3 is 0 Å². The van der Waals surface area contributed by atoms with Crippen LogP contribution in [-0.2, 0) is 4.74 Å². The van der Waals surface area contributed by atoms with Gasteiger partial charge in [-0.15, -0.1) is 0 Å². The van der Waals surface area contributed by atoms with Gasteiger partial charge < -0.3 is 20.7 Å². The summed E-state index contributed by atoms with van der Waals surface area (Å²) in [5.74, 6) is 0.245. The van der Waals surface area contributed by atoms with Crippen LogP contribution in [0.2, 0.25) is 0 Å². The fourth-order valence-corrected chi connectivity index (χ4v) is 3.92. The highest BCUT2D eigenvalue weighted by Crippen LogP contribution is 2.32. The van der Waals surface area contributed by atoms with Crippen molar-refractivity contribution in [3.63, 3.8) is 0 Å². The van der Waals surface area contributed by atoms with Crippen LogP contribution in [0.4, 0.5) is 10.9 Å². The molecule has 2 fully saturated rings. The van der Waals surface area contributed by atoms with Gasteiger partial charge in [0.15, 0.2) is 5.13 Å². The van der Waals surface area contributed by atoms with Crippen LogP contribution in [0, 0.1) is 0 Å². The van der Waals surface area contributed by atoms with Gasteiger partial charge in [-0.25, -0.2) is 4.98 Å². The molecule has 0 aromatic carbocycles. The number of rotatable bonds is 3. The van der Waals surface area contributed by atoms with Crippen LogP contribution in [0.5, 0.6) is 0 Å². The molecule has 2 aliphatic rings. The third-order valence-electron chi connectivity index (χ3n) is 4.25. The molecular weight excluding hydrogens is 288 g/mol.